The third-order valence-corrected chi connectivity index (χ3v) is 1.15. The Hall–Kier alpha value is -1.32. The molecule has 0 bridgehead atoms. The summed E-state index contributed by atoms with van der Waals surface area (Å²) in [6, 6.07) is 0. The minimum absolute atomic E-state index is 0.00926. The number of carbonyl (C=O) groups is 2. The van der Waals surface area contributed by atoms with E-state index in [1.807, 2.05) is 0 Å². The number of rotatable bonds is 4. The molecule has 0 atom stereocenters. The van der Waals surface area contributed by atoms with Crippen LogP contribution in [0.15, 0.2) is 12.2 Å². The van der Waals surface area contributed by atoms with Crippen molar-refractivity contribution in [2.24, 2.45) is 5.92 Å². The number of hydrogen-bond donors (Lipinski definition) is 2. The zero-order valence-corrected chi connectivity index (χ0v) is 6.20. The summed E-state index contributed by atoms with van der Waals surface area (Å²) in [5.74, 6) is -3.99. The molecule has 11 heavy (non-hydrogen) atoms. The van der Waals surface area contributed by atoms with Gasteiger partial charge in [0.1, 0.15) is 0 Å². The van der Waals surface area contributed by atoms with Crippen molar-refractivity contribution in [2.75, 3.05) is 0 Å². The molecule has 0 unspecified atom stereocenters. The number of aliphatic carboxylic acids is 2. The van der Waals surface area contributed by atoms with Crippen molar-refractivity contribution in [3.05, 3.63) is 12.2 Å². The van der Waals surface area contributed by atoms with E-state index in [1.54, 1.807) is 6.92 Å². The van der Waals surface area contributed by atoms with Crippen molar-refractivity contribution in [1.82, 2.24) is 0 Å². The first-order chi connectivity index (χ1) is 4.95. The zero-order valence-electron chi connectivity index (χ0n) is 6.20. The molecule has 0 saturated heterocycles. The Morgan fingerprint density at radius 2 is 1.73 bits per heavy atom. The van der Waals surface area contributed by atoms with E-state index in [-0.39, 0.29) is 6.42 Å². The third kappa shape index (κ3) is 3.40. The minimum Gasteiger partial charge on any atom is -0.481 e. The SMILES string of the molecule is C=C(C)CC(C(=O)O)C(=O)O. The van der Waals surface area contributed by atoms with Crippen molar-refractivity contribution in [1.29, 1.82) is 0 Å². The maximum Gasteiger partial charge on any atom is 0.318 e. The smallest absolute Gasteiger partial charge is 0.318 e. The van der Waals surface area contributed by atoms with Crippen LogP contribution in [-0.4, -0.2) is 22.2 Å². The zero-order chi connectivity index (χ0) is 9.02. The lowest BCUT2D eigenvalue weighted by molar-refractivity contribution is -0.154. The van der Waals surface area contributed by atoms with Gasteiger partial charge in [-0.2, -0.15) is 0 Å². The summed E-state index contributed by atoms with van der Waals surface area (Å²) in [4.78, 5) is 20.5. The largest absolute Gasteiger partial charge is 0.481 e. The lowest BCUT2D eigenvalue weighted by Gasteiger charge is -2.05. The van der Waals surface area contributed by atoms with Crippen LogP contribution in [0.1, 0.15) is 13.3 Å². The molecule has 0 spiro atoms. The van der Waals surface area contributed by atoms with Crippen LogP contribution in [0.5, 0.6) is 0 Å². The second-order valence-corrected chi connectivity index (χ2v) is 2.39. The van der Waals surface area contributed by atoms with E-state index < -0.39 is 17.9 Å². The topological polar surface area (TPSA) is 74.6 Å². The molecule has 0 aromatic rings. The Morgan fingerprint density at radius 3 is 1.82 bits per heavy atom. The van der Waals surface area contributed by atoms with Crippen molar-refractivity contribution in [3.63, 3.8) is 0 Å². The van der Waals surface area contributed by atoms with Gasteiger partial charge in [-0.25, -0.2) is 0 Å². The maximum atomic E-state index is 10.3. The molecule has 0 radical (unpaired) electrons. The summed E-state index contributed by atoms with van der Waals surface area (Å²) in [5, 5.41) is 16.7. The molecule has 4 heteroatoms. The summed E-state index contributed by atoms with van der Waals surface area (Å²) < 4.78 is 0. The van der Waals surface area contributed by atoms with Gasteiger partial charge in [-0.3, -0.25) is 9.59 Å². The molecule has 0 aliphatic carbocycles. The number of hydrogen-bond acceptors (Lipinski definition) is 2. The van der Waals surface area contributed by atoms with Crippen molar-refractivity contribution < 1.29 is 19.8 Å². The highest BCUT2D eigenvalue weighted by atomic mass is 16.4. The molecular weight excluding hydrogens is 148 g/mol. The predicted molar refractivity (Wildman–Crippen MR) is 38.2 cm³/mol. The Labute approximate surface area is 64.2 Å². The van der Waals surface area contributed by atoms with Gasteiger partial charge >= 0.3 is 11.9 Å². The first-order valence-electron chi connectivity index (χ1n) is 3.05. The Kier molecular flexibility index (Phi) is 3.30. The van der Waals surface area contributed by atoms with E-state index in [2.05, 4.69) is 6.58 Å². The van der Waals surface area contributed by atoms with Gasteiger partial charge < -0.3 is 10.2 Å². The second kappa shape index (κ2) is 3.75. The summed E-state index contributed by atoms with van der Waals surface area (Å²) in [7, 11) is 0. The van der Waals surface area contributed by atoms with Crippen molar-refractivity contribution >= 4 is 11.9 Å². The van der Waals surface area contributed by atoms with Gasteiger partial charge in [0, 0.05) is 0 Å². The van der Waals surface area contributed by atoms with Crippen LogP contribution < -0.4 is 0 Å². The van der Waals surface area contributed by atoms with Crippen LogP contribution >= 0.6 is 0 Å². The lowest BCUT2D eigenvalue weighted by Crippen LogP contribution is -2.23. The molecule has 0 aliphatic rings. The highest BCUT2D eigenvalue weighted by Gasteiger charge is 2.24. The van der Waals surface area contributed by atoms with Gasteiger partial charge in [0.2, 0.25) is 0 Å². The molecule has 0 aromatic heterocycles. The van der Waals surface area contributed by atoms with Crippen LogP contribution in [0, 0.1) is 5.92 Å². The van der Waals surface area contributed by atoms with Crippen LogP contribution in [0.4, 0.5) is 0 Å². The fourth-order valence-corrected chi connectivity index (χ4v) is 0.629. The lowest BCUT2D eigenvalue weighted by atomic mass is 10.0. The third-order valence-electron chi connectivity index (χ3n) is 1.15. The Bertz CT molecular complexity index is 181. The van der Waals surface area contributed by atoms with Crippen LogP contribution in [0.2, 0.25) is 0 Å². The van der Waals surface area contributed by atoms with Crippen molar-refractivity contribution in [2.45, 2.75) is 13.3 Å². The minimum atomic E-state index is -1.35. The van der Waals surface area contributed by atoms with Gasteiger partial charge in [-0.1, -0.05) is 5.57 Å². The molecule has 2 N–H and O–H groups in total. The van der Waals surface area contributed by atoms with Gasteiger partial charge in [0.05, 0.1) is 0 Å². The molecule has 0 rings (SSSR count). The first-order valence-corrected chi connectivity index (χ1v) is 3.05. The fourth-order valence-electron chi connectivity index (χ4n) is 0.629. The monoisotopic (exact) mass is 158 g/mol. The average Bonchev–Trinajstić information content (AvgIpc) is 1.81. The van der Waals surface area contributed by atoms with E-state index >= 15 is 0 Å². The van der Waals surface area contributed by atoms with E-state index in [4.69, 9.17) is 10.2 Å². The highest BCUT2D eigenvalue weighted by Crippen LogP contribution is 2.09. The molecule has 0 aromatic carbocycles. The van der Waals surface area contributed by atoms with E-state index in [0.29, 0.717) is 5.57 Å². The maximum absolute atomic E-state index is 10.3. The van der Waals surface area contributed by atoms with Crippen LogP contribution in [0.3, 0.4) is 0 Å². The van der Waals surface area contributed by atoms with E-state index in [1.165, 1.54) is 0 Å². The molecule has 4 nitrogen and oxygen atoms in total. The molecule has 0 fully saturated rings. The van der Waals surface area contributed by atoms with Crippen LogP contribution in [-0.2, 0) is 9.59 Å². The number of carboxylic acid groups (broad SMARTS) is 2. The van der Waals surface area contributed by atoms with Gasteiger partial charge in [0.25, 0.3) is 0 Å². The van der Waals surface area contributed by atoms with E-state index in [9.17, 15) is 9.59 Å². The van der Waals surface area contributed by atoms with Gasteiger partial charge in [-0.15, -0.1) is 6.58 Å². The van der Waals surface area contributed by atoms with E-state index in [0.717, 1.165) is 0 Å². The molecule has 0 amide bonds. The predicted octanol–water partition coefficient (Wildman–Crippen LogP) is 0.738. The Balaban J connectivity index is 4.23. The molecule has 0 aliphatic heterocycles. The van der Waals surface area contributed by atoms with Gasteiger partial charge in [-0.05, 0) is 13.3 Å². The first kappa shape index (κ1) is 9.68. The molecule has 0 saturated carbocycles. The van der Waals surface area contributed by atoms with Crippen LogP contribution in [0.25, 0.3) is 0 Å². The van der Waals surface area contributed by atoms with Crippen molar-refractivity contribution in [3.8, 4) is 0 Å². The Morgan fingerprint density at radius 1 is 1.36 bits per heavy atom. The molecule has 62 valence electrons. The number of allylic oxidation sites excluding steroid dienone is 1. The fraction of sp³-hybridized carbons (Fsp3) is 0.429. The molecular formula is C7H10O4. The average molecular weight is 158 g/mol. The summed E-state index contributed by atoms with van der Waals surface area (Å²) in [5.41, 5.74) is 0.555. The normalized spacial score (nSPS) is 9.64. The number of carboxylic acids is 2. The summed E-state index contributed by atoms with van der Waals surface area (Å²) >= 11 is 0. The van der Waals surface area contributed by atoms with Gasteiger partial charge in [0.15, 0.2) is 5.92 Å². The summed E-state index contributed by atoms with van der Waals surface area (Å²) in [6.07, 6.45) is -0.00926. The highest BCUT2D eigenvalue weighted by molar-refractivity contribution is 5.93. The standard InChI is InChI=1S/C7H10O4/c1-4(2)3-5(6(8)9)7(10)11/h5H,1,3H2,2H3,(H,8,9)(H,10,11). The molecule has 0 heterocycles. The quantitative estimate of drug-likeness (QED) is 0.467. The second-order valence-electron chi connectivity index (χ2n) is 2.39. The summed E-state index contributed by atoms with van der Waals surface area (Å²) in [6.45, 7) is 5.03.